The second-order valence-corrected chi connectivity index (χ2v) is 13.8. The third-order valence-corrected chi connectivity index (χ3v) is 11.4. The quantitative estimate of drug-likeness (QED) is 0.257. The van der Waals surface area contributed by atoms with E-state index in [0.717, 1.165) is 68.6 Å². The monoisotopic (exact) mass is 624 g/mol. The molecular formula is C36H50N6Ni-6. The molecule has 7 heteroatoms. The maximum absolute atomic E-state index is 4.84. The molecule has 43 heavy (non-hydrogen) atoms. The van der Waals surface area contributed by atoms with Gasteiger partial charge in [-0.05, 0) is 11.1 Å². The van der Waals surface area contributed by atoms with Crippen molar-refractivity contribution >= 4 is 17.8 Å². The summed E-state index contributed by atoms with van der Waals surface area (Å²) in [7, 11) is 0. The summed E-state index contributed by atoms with van der Waals surface area (Å²) in [5.74, 6) is 3.58. The Morgan fingerprint density at radius 2 is 1.00 bits per heavy atom. The first-order valence-electron chi connectivity index (χ1n) is 17.3. The van der Waals surface area contributed by atoms with Crippen molar-refractivity contribution in [2.45, 2.75) is 108 Å². The molecule has 240 valence electrons. The predicted octanol–water partition coefficient (Wildman–Crippen LogP) is 9.74. The number of benzene rings is 1. The maximum atomic E-state index is 4.84. The topological polar surface area (TPSA) is 84.6 Å². The first kappa shape index (κ1) is 31.6. The fourth-order valence-electron chi connectivity index (χ4n) is 9.23. The van der Waals surface area contributed by atoms with Gasteiger partial charge < -0.3 is 31.9 Å². The first-order valence-corrected chi connectivity index (χ1v) is 17.3. The number of rotatable bonds is 0. The predicted molar refractivity (Wildman–Crippen MR) is 177 cm³/mol. The van der Waals surface area contributed by atoms with E-state index in [2.05, 4.69) is 34.9 Å². The summed E-state index contributed by atoms with van der Waals surface area (Å²) >= 11 is 0. The van der Waals surface area contributed by atoms with Gasteiger partial charge >= 0.3 is 0 Å². The molecule has 1 aromatic carbocycles. The Hall–Kier alpha value is -1.37. The van der Waals surface area contributed by atoms with Gasteiger partial charge in [0.1, 0.15) is 0 Å². The van der Waals surface area contributed by atoms with E-state index >= 15 is 0 Å². The van der Waals surface area contributed by atoms with E-state index in [1.54, 1.807) is 0 Å². The van der Waals surface area contributed by atoms with Crippen LogP contribution in [0.25, 0.3) is 44.1 Å². The van der Waals surface area contributed by atoms with Crippen LogP contribution in [0.15, 0.2) is 24.4 Å². The van der Waals surface area contributed by atoms with Crippen LogP contribution < -0.4 is 0 Å². The van der Waals surface area contributed by atoms with Gasteiger partial charge in [0.05, 0.1) is 0 Å². The molecule has 2 aliphatic carbocycles. The molecule has 9 rings (SSSR count). The molecule has 0 spiro atoms. The van der Waals surface area contributed by atoms with Crippen molar-refractivity contribution < 1.29 is 16.5 Å². The number of piperidine rings is 4. The van der Waals surface area contributed by atoms with Crippen molar-refractivity contribution in [3.8, 4) is 0 Å². The molecule has 6 heterocycles. The zero-order valence-corrected chi connectivity index (χ0v) is 26.8. The fraction of sp³-hybridized carbons (Fsp3) is 0.722. The molecule has 2 saturated carbocycles. The van der Waals surface area contributed by atoms with Gasteiger partial charge in [-0.3, -0.25) is 0 Å². The molecule has 8 aliphatic rings. The molecule has 0 N–H and O–H groups in total. The van der Waals surface area contributed by atoms with Gasteiger partial charge in [0, 0.05) is 16.5 Å². The summed E-state index contributed by atoms with van der Waals surface area (Å²) < 4.78 is 0. The number of hydrogen-bond donors (Lipinski definition) is 0. The van der Waals surface area contributed by atoms with Crippen LogP contribution in [-0.4, -0.2) is 56.9 Å². The van der Waals surface area contributed by atoms with Crippen molar-refractivity contribution in [2.75, 3.05) is 32.7 Å². The molecule has 8 atom stereocenters. The van der Waals surface area contributed by atoms with Gasteiger partial charge in [-0.25, -0.2) is 0 Å². The molecule has 6 nitrogen and oxygen atoms in total. The Labute approximate surface area is 270 Å². The molecule has 0 radical (unpaired) electrons. The zero-order chi connectivity index (χ0) is 28.1. The fourth-order valence-corrected chi connectivity index (χ4v) is 9.23. The van der Waals surface area contributed by atoms with Crippen LogP contribution in [0.4, 0.5) is 5.69 Å². The van der Waals surface area contributed by atoms with E-state index < -0.39 is 0 Å². The Morgan fingerprint density at radius 1 is 0.535 bits per heavy atom. The van der Waals surface area contributed by atoms with Crippen LogP contribution in [0.2, 0.25) is 0 Å². The SMILES string of the molecule is C1=Cc2ccc3c(c2[N-]C1)C[N-]C=C3.C1C[N-]C2C(C1)CCC1CCC[N-]C12.C1C[N-]C2C(C1)CCC1CCC[N-]C12.[Ni]. The van der Waals surface area contributed by atoms with E-state index in [-0.39, 0.29) is 16.5 Å². The van der Waals surface area contributed by atoms with Crippen LogP contribution in [0, 0.1) is 23.7 Å². The minimum atomic E-state index is 0. The van der Waals surface area contributed by atoms with Crippen molar-refractivity contribution in [1.82, 2.24) is 0 Å². The number of fused-ring (bicyclic) bond motifs is 9. The minimum absolute atomic E-state index is 0. The van der Waals surface area contributed by atoms with Gasteiger partial charge in [0.15, 0.2) is 0 Å². The van der Waals surface area contributed by atoms with Crippen LogP contribution >= 0.6 is 0 Å². The van der Waals surface area contributed by atoms with Crippen LogP contribution in [0.5, 0.6) is 0 Å². The average molecular weight is 626 g/mol. The van der Waals surface area contributed by atoms with Crippen molar-refractivity contribution in [2.24, 2.45) is 23.7 Å². The van der Waals surface area contributed by atoms with E-state index in [4.69, 9.17) is 21.3 Å². The van der Waals surface area contributed by atoms with E-state index in [0.29, 0.717) is 24.2 Å². The molecule has 6 aliphatic heterocycles. The van der Waals surface area contributed by atoms with Crippen LogP contribution in [0.3, 0.4) is 0 Å². The van der Waals surface area contributed by atoms with Gasteiger partial charge in [-0.15, -0.1) is 75.2 Å². The number of nitrogens with zero attached hydrogens (tertiary/aromatic N) is 6. The molecule has 6 fully saturated rings. The maximum Gasteiger partial charge on any atom is 0 e. The summed E-state index contributed by atoms with van der Waals surface area (Å²) in [5.41, 5.74) is 4.89. The molecule has 0 amide bonds. The summed E-state index contributed by atoms with van der Waals surface area (Å²) in [5, 5.41) is 28.2. The van der Waals surface area contributed by atoms with Gasteiger partial charge in [-0.1, -0.05) is 131 Å². The van der Waals surface area contributed by atoms with Crippen molar-refractivity contribution in [3.05, 3.63) is 73.0 Å². The summed E-state index contributed by atoms with van der Waals surface area (Å²) in [6, 6.07) is 6.78. The Balaban J connectivity index is 0.000000113. The molecule has 0 bridgehead atoms. The largest absolute Gasteiger partial charge is 0.687 e. The Kier molecular flexibility index (Phi) is 11.2. The number of hydrogen-bond acceptors (Lipinski definition) is 0. The van der Waals surface area contributed by atoms with Crippen molar-refractivity contribution in [3.63, 3.8) is 0 Å². The van der Waals surface area contributed by atoms with Crippen LogP contribution in [-0.2, 0) is 23.0 Å². The third-order valence-electron chi connectivity index (χ3n) is 11.4. The zero-order valence-electron chi connectivity index (χ0n) is 25.8. The summed E-state index contributed by atoms with van der Waals surface area (Å²) in [6.45, 7) is 6.01. The average Bonchev–Trinajstić information content (AvgIpc) is 3.09. The summed E-state index contributed by atoms with van der Waals surface area (Å²) in [6.07, 6.45) is 24.9. The molecular weight excluding hydrogens is 575 g/mol. The van der Waals surface area contributed by atoms with E-state index in [1.165, 1.54) is 93.7 Å². The van der Waals surface area contributed by atoms with E-state index in [1.807, 2.05) is 12.3 Å². The minimum Gasteiger partial charge on any atom is -0.687 e. The first-order chi connectivity index (χ1) is 20.8. The molecule has 8 unspecified atom stereocenters. The standard InChI is InChI=1S/2C12H20N2.C12H10N2.Ni/c2*1-3-9-5-6-10-4-2-8-14-12(10)11(9)13-7-1;1-2-10-4-3-9-5-7-13-8-11(9)12(10)14-6-1;/h2*9-12H,1-8H2;1-5,7H,6,8H2;/q3*-2;. The molecule has 0 aromatic heterocycles. The second-order valence-electron chi connectivity index (χ2n) is 13.8. The smallest absolute Gasteiger partial charge is 0 e. The second kappa shape index (κ2) is 15.3. The summed E-state index contributed by atoms with van der Waals surface area (Å²) in [4.78, 5) is 0. The Bertz CT molecular complexity index is 976. The molecule has 4 saturated heterocycles. The van der Waals surface area contributed by atoms with Gasteiger partial charge in [0.25, 0.3) is 0 Å². The normalized spacial score (nSPS) is 36.7. The van der Waals surface area contributed by atoms with E-state index in [9.17, 15) is 0 Å². The third kappa shape index (κ3) is 7.22. The Morgan fingerprint density at radius 3 is 1.49 bits per heavy atom. The van der Waals surface area contributed by atoms with Gasteiger partial charge in [-0.2, -0.15) is 6.20 Å². The van der Waals surface area contributed by atoms with Gasteiger partial charge in [0.2, 0.25) is 0 Å². The van der Waals surface area contributed by atoms with Crippen LogP contribution in [0.1, 0.15) is 93.7 Å². The molecule has 1 aromatic rings. The van der Waals surface area contributed by atoms with Crippen molar-refractivity contribution in [1.29, 1.82) is 0 Å².